The van der Waals surface area contributed by atoms with Crippen molar-refractivity contribution in [1.82, 2.24) is 9.62 Å². The average molecular weight is 439 g/mol. The molecule has 140 valence electrons. The quantitative estimate of drug-likeness (QED) is 0.685. The van der Waals surface area contributed by atoms with Crippen LogP contribution in [0.5, 0.6) is 0 Å². The summed E-state index contributed by atoms with van der Waals surface area (Å²) < 4.78 is 28.2. The molecule has 0 fully saturated rings. The zero-order valence-electron chi connectivity index (χ0n) is 14.9. The lowest BCUT2D eigenvalue weighted by atomic mass is 10.2. The van der Waals surface area contributed by atoms with E-state index in [1.54, 1.807) is 24.3 Å². The molecule has 1 N–H and O–H groups in total. The maximum absolute atomic E-state index is 13.1. The SMILES string of the molecule is CCCNC(=O)CN(Cc1ccc(Br)cc1)S(=O)(=O)c1ccc(C)cc1. The van der Waals surface area contributed by atoms with E-state index in [4.69, 9.17) is 0 Å². The summed E-state index contributed by atoms with van der Waals surface area (Å²) >= 11 is 3.37. The highest BCUT2D eigenvalue weighted by atomic mass is 79.9. The van der Waals surface area contributed by atoms with Gasteiger partial charge in [0.1, 0.15) is 0 Å². The van der Waals surface area contributed by atoms with Crippen molar-refractivity contribution in [3.63, 3.8) is 0 Å². The van der Waals surface area contributed by atoms with Crippen molar-refractivity contribution in [2.45, 2.75) is 31.7 Å². The first-order chi connectivity index (χ1) is 12.3. The number of amides is 1. The van der Waals surface area contributed by atoms with Crippen molar-refractivity contribution in [1.29, 1.82) is 0 Å². The fourth-order valence-corrected chi connectivity index (χ4v) is 4.01. The minimum Gasteiger partial charge on any atom is -0.355 e. The van der Waals surface area contributed by atoms with E-state index >= 15 is 0 Å². The first-order valence-electron chi connectivity index (χ1n) is 8.41. The van der Waals surface area contributed by atoms with Gasteiger partial charge in [-0.1, -0.05) is 52.7 Å². The molecular formula is C19H23BrN2O3S. The molecule has 0 aliphatic heterocycles. The van der Waals surface area contributed by atoms with Crippen LogP contribution in [-0.4, -0.2) is 31.7 Å². The summed E-state index contributed by atoms with van der Waals surface area (Å²) in [5, 5.41) is 2.74. The monoisotopic (exact) mass is 438 g/mol. The lowest BCUT2D eigenvalue weighted by Gasteiger charge is -2.22. The van der Waals surface area contributed by atoms with E-state index in [9.17, 15) is 13.2 Å². The molecule has 0 saturated carbocycles. The fourth-order valence-electron chi connectivity index (χ4n) is 2.36. The average Bonchev–Trinajstić information content (AvgIpc) is 2.61. The van der Waals surface area contributed by atoms with Gasteiger partial charge in [0.05, 0.1) is 11.4 Å². The lowest BCUT2D eigenvalue weighted by molar-refractivity contribution is -0.121. The normalized spacial score (nSPS) is 11.5. The molecule has 5 nitrogen and oxygen atoms in total. The Labute approximate surface area is 163 Å². The number of aryl methyl sites for hydroxylation is 1. The Balaban J connectivity index is 2.30. The molecule has 2 rings (SSSR count). The van der Waals surface area contributed by atoms with Crippen LogP contribution in [0.1, 0.15) is 24.5 Å². The molecule has 0 heterocycles. The van der Waals surface area contributed by atoms with Crippen molar-refractivity contribution >= 4 is 31.9 Å². The van der Waals surface area contributed by atoms with Crippen LogP contribution in [0.2, 0.25) is 0 Å². The van der Waals surface area contributed by atoms with E-state index in [0.29, 0.717) is 6.54 Å². The summed E-state index contributed by atoms with van der Waals surface area (Å²) in [6, 6.07) is 14.0. The Hall–Kier alpha value is -1.70. The predicted molar refractivity (Wildman–Crippen MR) is 106 cm³/mol. The van der Waals surface area contributed by atoms with Gasteiger partial charge in [-0.3, -0.25) is 4.79 Å². The Morgan fingerprint density at radius 3 is 2.27 bits per heavy atom. The minimum atomic E-state index is -3.79. The maximum Gasteiger partial charge on any atom is 0.243 e. The second-order valence-corrected chi connectivity index (χ2v) is 8.92. The van der Waals surface area contributed by atoms with Gasteiger partial charge in [0.2, 0.25) is 15.9 Å². The van der Waals surface area contributed by atoms with E-state index < -0.39 is 10.0 Å². The number of nitrogens with one attached hydrogen (secondary N) is 1. The molecule has 0 spiro atoms. The molecule has 0 aliphatic carbocycles. The first kappa shape index (κ1) is 20.6. The molecule has 2 aromatic rings. The van der Waals surface area contributed by atoms with E-state index in [1.807, 2.05) is 38.1 Å². The molecule has 0 aromatic heterocycles. The number of halogens is 1. The number of benzene rings is 2. The van der Waals surface area contributed by atoms with Gasteiger partial charge in [-0.05, 0) is 43.2 Å². The highest BCUT2D eigenvalue weighted by molar-refractivity contribution is 9.10. The summed E-state index contributed by atoms with van der Waals surface area (Å²) in [4.78, 5) is 12.3. The van der Waals surface area contributed by atoms with Crippen LogP contribution in [0, 0.1) is 6.92 Å². The largest absolute Gasteiger partial charge is 0.355 e. The van der Waals surface area contributed by atoms with Gasteiger partial charge in [-0.15, -0.1) is 0 Å². The number of hydrogen-bond acceptors (Lipinski definition) is 3. The van der Waals surface area contributed by atoms with Crippen LogP contribution in [0.4, 0.5) is 0 Å². The van der Waals surface area contributed by atoms with Crippen LogP contribution in [-0.2, 0) is 21.4 Å². The second kappa shape index (κ2) is 9.30. The van der Waals surface area contributed by atoms with E-state index in [2.05, 4.69) is 21.2 Å². The van der Waals surface area contributed by atoms with Crippen LogP contribution in [0.25, 0.3) is 0 Å². The number of nitrogens with zero attached hydrogens (tertiary/aromatic N) is 1. The molecule has 0 bridgehead atoms. The van der Waals surface area contributed by atoms with Crippen LogP contribution >= 0.6 is 15.9 Å². The molecule has 26 heavy (non-hydrogen) atoms. The fraction of sp³-hybridized carbons (Fsp3) is 0.316. The summed E-state index contributed by atoms with van der Waals surface area (Å²) in [7, 11) is -3.79. The van der Waals surface area contributed by atoms with Crippen molar-refractivity contribution in [3.05, 3.63) is 64.1 Å². The molecule has 0 aliphatic rings. The number of rotatable bonds is 8. The topological polar surface area (TPSA) is 66.5 Å². The van der Waals surface area contributed by atoms with Gasteiger partial charge in [0.15, 0.2) is 0 Å². The zero-order valence-corrected chi connectivity index (χ0v) is 17.3. The smallest absolute Gasteiger partial charge is 0.243 e. The van der Waals surface area contributed by atoms with Crippen LogP contribution in [0.15, 0.2) is 57.9 Å². The Bertz CT molecular complexity index is 834. The summed E-state index contributed by atoms with van der Waals surface area (Å²) in [5.74, 6) is -0.306. The predicted octanol–water partition coefficient (Wildman–Crippen LogP) is 3.47. The minimum absolute atomic E-state index is 0.128. The van der Waals surface area contributed by atoms with Gasteiger partial charge in [0, 0.05) is 17.6 Å². The molecule has 7 heteroatoms. The molecule has 1 amide bonds. The van der Waals surface area contributed by atoms with Crippen molar-refractivity contribution < 1.29 is 13.2 Å². The van der Waals surface area contributed by atoms with Gasteiger partial charge < -0.3 is 5.32 Å². The standard InChI is InChI=1S/C19H23BrN2O3S/c1-3-12-21-19(23)14-22(13-16-6-8-17(20)9-7-16)26(24,25)18-10-4-15(2)5-11-18/h4-11H,3,12-14H2,1-2H3,(H,21,23). The zero-order chi connectivity index (χ0) is 19.2. The number of carbonyl (C=O) groups is 1. The van der Waals surface area contributed by atoms with Gasteiger partial charge in [-0.25, -0.2) is 8.42 Å². The van der Waals surface area contributed by atoms with Crippen LogP contribution in [0.3, 0.4) is 0 Å². The van der Waals surface area contributed by atoms with E-state index in [1.165, 1.54) is 4.31 Å². The van der Waals surface area contributed by atoms with Crippen molar-refractivity contribution in [2.24, 2.45) is 0 Å². The van der Waals surface area contributed by atoms with Crippen molar-refractivity contribution in [3.8, 4) is 0 Å². The maximum atomic E-state index is 13.1. The van der Waals surface area contributed by atoms with Gasteiger partial charge >= 0.3 is 0 Å². The van der Waals surface area contributed by atoms with E-state index in [0.717, 1.165) is 22.0 Å². The highest BCUT2D eigenvalue weighted by Crippen LogP contribution is 2.20. The molecule has 0 radical (unpaired) electrons. The summed E-state index contributed by atoms with van der Waals surface area (Å²) in [6.45, 7) is 4.28. The third kappa shape index (κ3) is 5.65. The summed E-state index contributed by atoms with van der Waals surface area (Å²) in [5.41, 5.74) is 1.79. The number of carbonyl (C=O) groups excluding carboxylic acids is 1. The summed E-state index contributed by atoms with van der Waals surface area (Å²) in [6.07, 6.45) is 0.795. The first-order valence-corrected chi connectivity index (χ1v) is 10.6. The second-order valence-electron chi connectivity index (χ2n) is 6.06. The third-order valence-electron chi connectivity index (χ3n) is 3.82. The number of hydrogen-bond donors (Lipinski definition) is 1. The van der Waals surface area contributed by atoms with E-state index in [-0.39, 0.29) is 23.9 Å². The Morgan fingerprint density at radius 2 is 1.69 bits per heavy atom. The molecule has 0 atom stereocenters. The molecule has 2 aromatic carbocycles. The van der Waals surface area contributed by atoms with Crippen LogP contribution < -0.4 is 5.32 Å². The third-order valence-corrected chi connectivity index (χ3v) is 6.16. The molecule has 0 unspecified atom stereocenters. The molecular weight excluding hydrogens is 416 g/mol. The van der Waals surface area contributed by atoms with Gasteiger partial charge in [-0.2, -0.15) is 4.31 Å². The highest BCUT2D eigenvalue weighted by Gasteiger charge is 2.26. The Kier molecular flexibility index (Phi) is 7.37. The Morgan fingerprint density at radius 1 is 1.08 bits per heavy atom. The lowest BCUT2D eigenvalue weighted by Crippen LogP contribution is -2.40. The molecule has 0 saturated heterocycles. The number of sulfonamides is 1. The van der Waals surface area contributed by atoms with Crippen molar-refractivity contribution in [2.75, 3.05) is 13.1 Å². The van der Waals surface area contributed by atoms with Gasteiger partial charge in [0.25, 0.3) is 0 Å².